The average molecular weight is 446 g/mol. The lowest BCUT2D eigenvalue weighted by Gasteiger charge is -2.28. The van der Waals surface area contributed by atoms with Crippen LogP contribution in [0.1, 0.15) is 45.7 Å². The molecule has 0 bridgehead atoms. The predicted octanol–water partition coefficient (Wildman–Crippen LogP) is 5.22. The maximum Gasteiger partial charge on any atom is 0.411 e. The van der Waals surface area contributed by atoms with Gasteiger partial charge in [0.05, 0.1) is 24.0 Å². The second-order valence-electron chi connectivity index (χ2n) is 8.88. The topological polar surface area (TPSA) is 70.7 Å². The highest BCUT2D eigenvalue weighted by Gasteiger charge is 2.27. The van der Waals surface area contributed by atoms with E-state index in [9.17, 15) is 9.59 Å². The fourth-order valence-corrected chi connectivity index (χ4v) is 3.45. The highest BCUT2D eigenvalue weighted by Crippen LogP contribution is 2.37. The molecule has 0 radical (unpaired) electrons. The molecule has 2 aromatic carbocycles. The first kappa shape index (κ1) is 24.7. The quantitative estimate of drug-likeness (QED) is 0.677. The molecule has 0 saturated carbocycles. The molecule has 31 heavy (non-hydrogen) atoms. The molecular weight excluding hydrogens is 414 g/mol. The number of carbonyl (C=O) groups excluding carboxylic acids is 2. The number of hydrogen-bond acceptors (Lipinski definition) is 4. The largest absolute Gasteiger partial charge is 0.447 e. The fraction of sp³-hybridized carbons (Fsp3) is 0.417. The summed E-state index contributed by atoms with van der Waals surface area (Å²) in [5, 5.41) is 6.06. The number of anilines is 3. The fourth-order valence-electron chi connectivity index (χ4n) is 3.45. The summed E-state index contributed by atoms with van der Waals surface area (Å²) in [7, 11) is 0. The number of ether oxygens (including phenoxy) is 1. The predicted molar refractivity (Wildman–Crippen MR) is 128 cm³/mol. The van der Waals surface area contributed by atoms with Crippen LogP contribution in [0.2, 0.25) is 0 Å². The lowest BCUT2D eigenvalue weighted by Crippen LogP contribution is -2.43. The van der Waals surface area contributed by atoms with Crippen LogP contribution in [0.25, 0.3) is 0 Å². The maximum absolute atomic E-state index is 13.4. The summed E-state index contributed by atoms with van der Waals surface area (Å²) in [6.45, 7) is 9.92. The highest BCUT2D eigenvalue weighted by atomic mass is 35.5. The van der Waals surface area contributed by atoms with Crippen LogP contribution < -0.4 is 15.5 Å². The lowest BCUT2D eigenvalue weighted by molar-refractivity contribution is -0.117. The van der Waals surface area contributed by atoms with Crippen molar-refractivity contribution in [2.45, 2.75) is 59.1 Å². The van der Waals surface area contributed by atoms with E-state index in [1.807, 2.05) is 57.2 Å². The third-order valence-corrected chi connectivity index (χ3v) is 4.83. The van der Waals surface area contributed by atoms with E-state index in [2.05, 4.69) is 16.7 Å². The van der Waals surface area contributed by atoms with Crippen LogP contribution in [0.15, 0.2) is 42.5 Å². The number of carbonyl (C=O) groups is 2. The van der Waals surface area contributed by atoms with E-state index in [0.29, 0.717) is 5.69 Å². The van der Waals surface area contributed by atoms with Gasteiger partial charge in [-0.1, -0.05) is 24.3 Å². The third-order valence-electron chi connectivity index (χ3n) is 4.83. The molecule has 1 aliphatic heterocycles. The Morgan fingerprint density at radius 2 is 1.68 bits per heavy atom. The molecule has 0 saturated heterocycles. The number of hydrogen-bond donors (Lipinski definition) is 2. The number of nitrogens with zero attached hydrogens (tertiary/aromatic N) is 1. The zero-order valence-corrected chi connectivity index (χ0v) is 19.6. The van der Waals surface area contributed by atoms with Gasteiger partial charge in [-0.05, 0) is 76.8 Å². The average Bonchev–Trinajstić information content (AvgIpc) is 2.81. The van der Waals surface area contributed by atoms with Crippen LogP contribution >= 0.6 is 12.4 Å². The molecule has 0 unspecified atom stereocenters. The summed E-state index contributed by atoms with van der Waals surface area (Å²) in [4.78, 5) is 27.2. The molecule has 0 atom stereocenters. The molecule has 0 fully saturated rings. The van der Waals surface area contributed by atoms with Crippen molar-refractivity contribution >= 4 is 41.5 Å². The van der Waals surface area contributed by atoms with E-state index >= 15 is 0 Å². The number of fused-ring (bicyclic) bond motifs is 2. The van der Waals surface area contributed by atoms with Gasteiger partial charge in [0, 0.05) is 11.2 Å². The molecule has 7 heteroatoms. The van der Waals surface area contributed by atoms with Gasteiger partial charge in [0.25, 0.3) is 0 Å². The van der Waals surface area contributed by atoms with E-state index in [1.165, 1.54) is 0 Å². The van der Waals surface area contributed by atoms with Crippen LogP contribution in [0.5, 0.6) is 0 Å². The maximum atomic E-state index is 13.4. The molecular formula is C24H32ClN3O3. The van der Waals surface area contributed by atoms with E-state index in [-0.39, 0.29) is 36.5 Å². The van der Waals surface area contributed by atoms with Crippen molar-refractivity contribution in [3.05, 3.63) is 53.6 Å². The standard InChI is InChI=1S/C24H31N3O3.ClH/c1-16(2)30-23(29)26-19-13-12-18-11-10-17-8-6-7-9-20(17)27(21(18)14-19)22(28)15-25-24(3,4)5;/h6-9,12-14,16,25H,10-11,15H2,1-5H3,(H,26,29);1H. The Morgan fingerprint density at radius 1 is 1.03 bits per heavy atom. The van der Waals surface area contributed by atoms with Gasteiger partial charge < -0.3 is 10.1 Å². The normalized spacial score (nSPS) is 12.9. The molecule has 0 spiro atoms. The number of para-hydroxylation sites is 1. The highest BCUT2D eigenvalue weighted by molar-refractivity contribution is 6.04. The molecule has 0 aromatic heterocycles. The van der Waals surface area contributed by atoms with Gasteiger partial charge in [-0.3, -0.25) is 15.0 Å². The summed E-state index contributed by atoms with van der Waals surface area (Å²) >= 11 is 0. The third kappa shape index (κ3) is 6.45. The van der Waals surface area contributed by atoms with Crippen LogP contribution in [0.4, 0.5) is 21.9 Å². The lowest BCUT2D eigenvalue weighted by atomic mass is 10.0. The van der Waals surface area contributed by atoms with Gasteiger partial charge in [0.15, 0.2) is 0 Å². The van der Waals surface area contributed by atoms with Crippen molar-refractivity contribution in [3.8, 4) is 0 Å². The van der Waals surface area contributed by atoms with E-state index < -0.39 is 6.09 Å². The molecule has 1 heterocycles. The summed E-state index contributed by atoms with van der Waals surface area (Å²) in [6.07, 6.45) is 0.951. The first-order valence-corrected chi connectivity index (χ1v) is 10.4. The van der Waals surface area contributed by atoms with Crippen molar-refractivity contribution in [2.75, 3.05) is 16.8 Å². The van der Waals surface area contributed by atoms with Crippen LogP contribution in [-0.2, 0) is 22.4 Å². The van der Waals surface area contributed by atoms with Gasteiger partial charge >= 0.3 is 6.09 Å². The SMILES string of the molecule is CC(C)OC(=O)Nc1ccc2c(c1)N(C(=O)CNC(C)(C)C)c1ccccc1CC2.Cl. The minimum absolute atomic E-state index is 0. The van der Waals surface area contributed by atoms with Crippen molar-refractivity contribution in [2.24, 2.45) is 0 Å². The van der Waals surface area contributed by atoms with E-state index in [0.717, 1.165) is 35.3 Å². The van der Waals surface area contributed by atoms with Gasteiger partial charge in [-0.15, -0.1) is 12.4 Å². The molecule has 0 aliphatic carbocycles. The summed E-state index contributed by atoms with van der Waals surface area (Å²) in [5.41, 5.74) is 4.31. The smallest absolute Gasteiger partial charge is 0.411 e. The monoisotopic (exact) mass is 445 g/mol. The van der Waals surface area contributed by atoms with Crippen LogP contribution in [0.3, 0.4) is 0 Å². The van der Waals surface area contributed by atoms with Gasteiger partial charge in [-0.2, -0.15) is 0 Å². The van der Waals surface area contributed by atoms with Gasteiger partial charge in [0.2, 0.25) is 5.91 Å². The molecule has 1 aliphatic rings. The Hall–Kier alpha value is -2.57. The molecule has 168 valence electrons. The molecule has 2 aromatic rings. The van der Waals surface area contributed by atoms with E-state index in [1.54, 1.807) is 18.7 Å². The van der Waals surface area contributed by atoms with Crippen LogP contribution in [-0.4, -0.2) is 30.2 Å². The molecule has 6 nitrogen and oxygen atoms in total. The second kappa shape index (κ2) is 10.2. The zero-order valence-electron chi connectivity index (χ0n) is 18.8. The summed E-state index contributed by atoms with van der Waals surface area (Å²) < 4.78 is 5.19. The Kier molecular flexibility index (Phi) is 8.09. The molecule has 3 rings (SSSR count). The number of rotatable bonds is 4. The van der Waals surface area contributed by atoms with Crippen LogP contribution in [0, 0.1) is 0 Å². The second-order valence-corrected chi connectivity index (χ2v) is 8.88. The number of halogens is 1. The Balaban J connectivity index is 0.00000341. The minimum Gasteiger partial charge on any atom is -0.447 e. The van der Waals surface area contributed by atoms with Crippen molar-refractivity contribution in [3.63, 3.8) is 0 Å². The van der Waals surface area contributed by atoms with Crippen molar-refractivity contribution in [1.29, 1.82) is 0 Å². The van der Waals surface area contributed by atoms with Crippen molar-refractivity contribution < 1.29 is 14.3 Å². The van der Waals surface area contributed by atoms with E-state index in [4.69, 9.17) is 4.74 Å². The van der Waals surface area contributed by atoms with Gasteiger partial charge in [0.1, 0.15) is 0 Å². The zero-order chi connectivity index (χ0) is 21.9. The molecule has 2 N–H and O–H groups in total. The number of benzene rings is 2. The number of nitrogens with one attached hydrogen (secondary N) is 2. The summed E-state index contributed by atoms with van der Waals surface area (Å²) in [5.74, 6) is -0.0394. The number of amides is 2. The van der Waals surface area contributed by atoms with Gasteiger partial charge in [-0.25, -0.2) is 4.79 Å². The Labute approximate surface area is 190 Å². The van der Waals surface area contributed by atoms with Crippen molar-refractivity contribution in [1.82, 2.24) is 5.32 Å². The number of aryl methyl sites for hydroxylation is 2. The first-order chi connectivity index (χ1) is 14.1. The minimum atomic E-state index is -0.508. The first-order valence-electron chi connectivity index (χ1n) is 10.4. The Bertz CT molecular complexity index is 938. The molecule has 2 amide bonds. The summed E-state index contributed by atoms with van der Waals surface area (Å²) in [6, 6.07) is 13.7. The Morgan fingerprint density at radius 3 is 2.32 bits per heavy atom.